The second-order valence-corrected chi connectivity index (χ2v) is 6.17. The molecular formula is C21H26N6. The first-order valence-electron chi connectivity index (χ1n) is 9.32. The van der Waals surface area contributed by atoms with Crippen molar-refractivity contribution in [3.05, 3.63) is 78.0 Å². The molecule has 0 aliphatic carbocycles. The van der Waals surface area contributed by atoms with Crippen LogP contribution in [0.4, 0.5) is 0 Å². The molecule has 0 spiro atoms. The number of guanidine groups is 1. The molecule has 6 nitrogen and oxygen atoms in total. The Morgan fingerprint density at radius 1 is 1.07 bits per heavy atom. The number of nitrogens with zero attached hydrogens (tertiary/aromatic N) is 4. The summed E-state index contributed by atoms with van der Waals surface area (Å²) in [5.74, 6) is 1.66. The van der Waals surface area contributed by atoms with E-state index in [1.54, 1.807) is 12.5 Å². The summed E-state index contributed by atoms with van der Waals surface area (Å²) in [6.45, 7) is 6.39. The maximum Gasteiger partial charge on any atom is 0.191 e. The molecule has 2 aromatic heterocycles. The molecule has 0 fully saturated rings. The van der Waals surface area contributed by atoms with Gasteiger partial charge in [0, 0.05) is 31.7 Å². The third-order valence-electron chi connectivity index (χ3n) is 4.29. The lowest BCUT2D eigenvalue weighted by molar-refractivity contribution is 0.808. The number of imidazole rings is 1. The molecular weight excluding hydrogens is 336 g/mol. The second-order valence-electron chi connectivity index (χ2n) is 6.17. The molecule has 1 aromatic carbocycles. The third kappa shape index (κ3) is 5.17. The van der Waals surface area contributed by atoms with E-state index in [0.717, 1.165) is 36.9 Å². The molecule has 27 heavy (non-hydrogen) atoms. The molecule has 0 unspecified atom stereocenters. The number of aryl methyl sites for hydroxylation is 1. The van der Waals surface area contributed by atoms with Gasteiger partial charge in [0.05, 0.1) is 6.54 Å². The summed E-state index contributed by atoms with van der Waals surface area (Å²) in [5.41, 5.74) is 3.72. The zero-order chi connectivity index (χ0) is 18.9. The Hall–Kier alpha value is -3.15. The van der Waals surface area contributed by atoms with Crippen LogP contribution in [-0.2, 0) is 19.5 Å². The van der Waals surface area contributed by atoms with Gasteiger partial charge in [-0.1, -0.05) is 37.3 Å². The van der Waals surface area contributed by atoms with Crippen molar-refractivity contribution in [1.82, 2.24) is 25.2 Å². The van der Waals surface area contributed by atoms with Crippen LogP contribution in [0.2, 0.25) is 0 Å². The highest BCUT2D eigenvalue weighted by Gasteiger charge is 2.03. The van der Waals surface area contributed by atoms with Crippen LogP contribution < -0.4 is 10.6 Å². The fourth-order valence-electron chi connectivity index (χ4n) is 2.82. The summed E-state index contributed by atoms with van der Waals surface area (Å²) in [7, 11) is 0. The predicted octanol–water partition coefficient (Wildman–Crippen LogP) is 3.09. The molecule has 0 atom stereocenters. The standard InChI is InChI=1S/C21H26N6/c1-3-18-7-5-6-8-19(18)15-26-21(23-4-2)25-14-17-9-10-20(24-13-17)27-12-11-22-16-27/h5-13,16H,3-4,14-15H2,1-2H3,(H2,23,25,26). The number of benzene rings is 1. The highest BCUT2D eigenvalue weighted by molar-refractivity contribution is 5.79. The summed E-state index contributed by atoms with van der Waals surface area (Å²) in [5, 5.41) is 6.72. The van der Waals surface area contributed by atoms with Gasteiger partial charge in [0.2, 0.25) is 0 Å². The molecule has 2 N–H and O–H groups in total. The number of aliphatic imine (C=N–C) groups is 1. The topological polar surface area (TPSA) is 67.1 Å². The number of rotatable bonds is 7. The van der Waals surface area contributed by atoms with Crippen LogP contribution in [0.25, 0.3) is 5.82 Å². The molecule has 140 valence electrons. The number of pyridine rings is 1. The van der Waals surface area contributed by atoms with Crippen LogP contribution in [0.15, 0.2) is 66.3 Å². The van der Waals surface area contributed by atoms with Crippen LogP contribution >= 0.6 is 0 Å². The Morgan fingerprint density at radius 2 is 1.93 bits per heavy atom. The van der Waals surface area contributed by atoms with Gasteiger partial charge < -0.3 is 10.6 Å². The smallest absolute Gasteiger partial charge is 0.191 e. The zero-order valence-electron chi connectivity index (χ0n) is 15.9. The Balaban J connectivity index is 1.63. The van der Waals surface area contributed by atoms with Gasteiger partial charge in [0.1, 0.15) is 12.1 Å². The van der Waals surface area contributed by atoms with Crippen molar-refractivity contribution < 1.29 is 0 Å². The van der Waals surface area contributed by atoms with Crippen LogP contribution in [0.3, 0.4) is 0 Å². The van der Waals surface area contributed by atoms with Crippen LogP contribution in [-0.4, -0.2) is 27.0 Å². The molecule has 6 heteroatoms. The average molecular weight is 362 g/mol. The molecule has 0 bridgehead atoms. The summed E-state index contributed by atoms with van der Waals surface area (Å²) >= 11 is 0. The molecule has 3 rings (SSSR count). The normalized spacial score (nSPS) is 11.4. The van der Waals surface area contributed by atoms with Crippen molar-refractivity contribution in [1.29, 1.82) is 0 Å². The van der Waals surface area contributed by atoms with E-state index in [-0.39, 0.29) is 0 Å². The maximum absolute atomic E-state index is 4.68. The van der Waals surface area contributed by atoms with Gasteiger partial charge in [-0.25, -0.2) is 15.0 Å². The Bertz CT molecular complexity index is 853. The zero-order valence-corrected chi connectivity index (χ0v) is 15.9. The van der Waals surface area contributed by atoms with E-state index < -0.39 is 0 Å². The Labute approximate surface area is 160 Å². The number of hydrogen-bond acceptors (Lipinski definition) is 3. The van der Waals surface area contributed by atoms with Gasteiger partial charge in [-0.2, -0.15) is 0 Å². The first-order chi connectivity index (χ1) is 13.3. The quantitative estimate of drug-likeness (QED) is 0.501. The molecule has 0 aliphatic rings. The minimum Gasteiger partial charge on any atom is -0.357 e. The van der Waals surface area contributed by atoms with Crippen molar-refractivity contribution in [2.24, 2.45) is 4.99 Å². The molecule has 0 radical (unpaired) electrons. The fraction of sp³-hybridized carbons (Fsp3) is 0.286. The summed E-state index contributed by atoms with van der Waals surface area (Å²) in [6.07, 6.45) is 8.24. The minimum absolute atomic E-state index is 0.571. The second kappa shape index (κ2) is 9.52. The highest BCUT2D eigenvalue weighted by Crippen LogP contribution is 2.09. The third-order valence-corrected chi connectivity index (χ3v) is 4.29. The molecule has 3 aromatic rings. The van der Waals surface area contributed by atoms with Gasteiger partial charge >= 0.3 is 0 Å². The largest absolute Gasteiger partial charge is 0.357 e. The van der Waals surface area contributed by atoms with E-state index in [4.69, 9.17) is 0 Å². The number of aromatic nitrogens is 3. The van der Waals surface area contributed by atoms with Crippen molar-refractivity contribution in [3.63, 3.8) is 0 Å². The van der Waals surface area contributed by atoms with E-state index in [0.29, 0.717) is 6.54 Å². The first kappa shape index (κ1) is 18.6. The van der Waals surface area contributed by atoms with Gasteiger partial charge in [-0.05, 0) is 36.1 Å². The molecule has 0 saturated heterocycles. The molecule has 0 amide bonds. The summed E-state index contributed by atoms with van der Waals surface area (Å²) < 4.78 is 1.88. The summed E-state index contributed by atoms with van der Waals surface area (Å²) in [6, 6.07) is 12.5. The van der Waals surface area contributed by atoms with E-state index in [1.807, 2.05) is 29.1 Å². The lowest BCUT2D eigenvalue weighted by Gasteiger charge is -2.13. The molecule has 2 heterocycles. The van der Waals surface area contributed by atoms with Crippen LogP contribution in [0.1, 0.15) is 30.5 Å². The maximum atomic E-state index is 4.68. The number of hydrogen-bond donors (Lipinski definition) is 2. The van der Waals surface area contributed by atoms with Crippen molar-refractivity contribution in [2.45, 2.75) is 33.4 Å². The van der Waals surface area contributed by atoms with Crippen LogP contribution in [0.5, 0.6) is 0 Å². The van der Waals surface area contributed by atoms with Crippen molar-refractivity contribution >= 4 is 5.96 Å². The van der Waals surface area contributed by atoms with Crippen molar-refractivity contribution in [3.8, 4) is 5.82 Å². The minimum atomic E-state index is 0.571. The van der Waals surface area contributed by atoms with Crippen LogP contribution in [0, 0.1) is 0 Å². The SMILES string of the molecule is CCNC(=NCc1ccc(-n2ccnc2)nc1)NCc1ccccc1CC. The van der Waals surface area contributed by atoms with E-state index in [2.05, 4.69) is 63.7 Å². The fourth-order valence-corrected chi connectivity index (χ4v) is 2.82. The van der Waals surface area contributed by atoms with Gasteiger partial charge in [-0.15, -0.1) is 0 Å². The van der Waals surface area contributed by atoms with E-state index in [1.165, 1.54) is 11.1 Å². The molecule has 0 aliphatic heterocycles. The lowest BCUT2D eigenvalue weighted by Crippen LogP contribution is -2.37. The predicted molar refractivity (Wildman–Crippen MR) is 109 cm³/mol. The first-order valence-corrected chi connectivity index (χ1v) is 9.32. The Kier molecular flexibility index (Phi) is 6.57. The monoisotopic (exact) mass is 362 g/mol. The Morgan fingerprint density at radius 3 is 2.59 bits per heavy atom. The summed E-state index contributed by atoms with van der Waals surface area (Å²) in [4.78, 5) is 13.2. The number of nitrogens with one attached hydrogen (secondary N) is 2. The highest BCUT2D eigenvalue weighted by atomic mass is 15.2. The van der Waals surface area contributed by atoms with E-state index >= 15 is 0 Å². The average Bonchev–Trinajstić information content (AvgIpc) is 3.25. The van der Waals surface area contributed by atoms with Gasteiger partial charge in [0.15, 0.2) is 5.96 Å². The lowest BCUT2D eigenvalue weighted by atomic mass is 10.1. The molecule has 0 saturated carbocycles. The van der Waals surface area contributed by atoms with Crippen molar-refractivity contribution in [2.75, 3.05) is 6.54 Å². The van der Waals surface area contributed by atoms with Gasteiger partial charge in [-0.3, -0.25) is 4.57 Å². The van der Waals surface area contributed by atoms with Gasteiger partial charge in [0.25, 0.3) is 0 Å². The van der Waals surface area contributed by atoms with E-state index in [9.17, 15) is 0 Å².